The Morgan fingerprint density at radius 1 is 1.27 bits per heavy atom. The molecule has 2 aliphatic heterocycles. The lowest BCUT2D eigenvalue weighted by molar-refractivity contribution is 0.105. The highest BCUT2D eigenvalue weighted by Crippen LogP contribution is 2.21. The van der Waals surface area contributed by atoms with Gasteiger partial charge in [-0.25, -0.2) is 0 Å². The lowest BCUT2D eigenvalue weighted by Gasteiger charge is -2.37. The fourth-order valence-corrected chi connectivity index (χ4v) is 2.66. The van der Waals surface area contributed by atoms with Crippen molar-refractivity contribution in [1.29, 1.82) is 0 Å². The van der Waals surface area contributed by atoms with Gasteiger partial charge in [-0.15, -0.1) is 0 Å². The number of hydrogen-bond acceptors (Lipinski definition) is 2. The van der Waals surface area contributed by atoms with Gasteiger partial charge in [0, 0.05) is 32.7 Å². The first kappa shape index (κ1) is 9.37. The predicted octanol–water partition coefficient (Wildman–Crippen LogP) is 1.74. The van der Waals surface area contributed by atoms with Crippen LogP contribution in [0.2, 0.25) is 0 Å². The van der Waals surface area contributed by atoms with Gasteiger partial charge in [-0.2, -0.15) is 0 Å². The molecule has 3 rings (SSSR count). The number of nitrogens with one attached hydrogen (secondary N) is 1. The Morgan fingerprint density at radius 2 is 2.07 bits per heavy atom. The Hall–Kier alpha value is -0.860. The minimum absolute atomic E-state index is 0.904. The second-order valence-corrected chi connectivity index (χ2v) is 5.01. The average Bonchev–Trinajstić information content (AvgIpc) is 2.62. The van der Waals surface area contributed by atoms with Crippen molar-refractivity contribution in [3.63, 3.8) is 0 Å². The van der Waals surface area contributed by atoms with E-state index in [4.69, 9.17) is 0 Å². The second kappa shape index (κ2) is 3.62. The fraction of sp³-hybridized carbons (Fsp3) is 0.538. The molecule has 1 aromatic carbocycles. The molecule has 0 atom stereocenters. The normalized spacial score (nSPS) is 21.4. The van der Waals surface area contributed by atoms with Crippen LogP contribution in [0.3, 0.4) is 0 Å². The van der Waals surface area contributed by atoms with Gasteiger partial charge in [0.1, 0.15) is 0 Å². The Balaban J connectivity index is 1.70. The SMILES string of the molecule is CC1CN(Cc2ccc3c(c2)CNC3)C1. The number of nitrogens with zero attached hydrogens (tertiary/aromatic N) is 1. The molecule has 0 spiro atoms. The van der Waals surface area contributed by atoms with E-state index in [1.165, 1.54) is 29.8 Å². The third-order valence-electron chi connectivity index (χ3n) is 3.45. The van der Waals surface area contributed by atoms with E-state index in [1.807, 2.05) is 0 Å². The van der Waals surface area contributed by atoms with Gasteiger partial charge in [0.05, 0.1) is 0 Å². The summed E-state index contributed by atoms with van der Waals surface area (Å²) in [5.74, 6) is 0.904. The lowest BCUT2D eigenvalue weighted by atomic mass is 10.0. The molecule has 2 nitrogen and oxygen atoms in total. The summed E-state index contributed by atoms with van der Waals surface area (Å²) in [5, 5.41) is 3.39. The van der Waals surface area contributed by atoms with Crippen LogP contribution in [-0.4, -0.2) is 18.0 Å². The van der Waals surface area contributed by atoms with Crippen LogP contribution in [-0.2, 0) is 19.6 Å². The summed E-state index contributed by atoms with van der Waals surface area (Å²) < 4.78 is 0. The highest BCUT2D eigenvalue weighted by molar-refractivity contribution is 5.34. The number of benzene rings is 1. The first-order chi connectivity index (χ1) is 7.31. The highest BCUT2D eigenvalue weighted by Gasteiger charge is 2.22. The number of rotatable bonds is 2. The maximum atomic E-state index is 3.39. The molecule has 1 N–H and O–H groups in total. The number of hydrogen-bond donors (Lipinski definition) is 1. The molecule has 0 aliphatic carbocycles. The van der Waals surface area contributed by atoms with Crippen LogP contribution in [0, 0.1) is 5.92 Å². The maximum Gasteiger partial charge on any atom is 0.0234 e. The molecule has 0 aromatic heterocycles. The minimum Gasteiger partial charge on any atom is -0.309 e. The van der Waals surface area contributed by atoms with Crippen LogP contribution in [0.5, 0.6) is 0 Å². The first-order valence-corrected chi connectivity index (χ1v) is 5.85. The molecule has 2 aliphatic rings. The van der Waals surface area contributed by atoms with E-state index >= 15 is 0 Å². The van der Waals surface area contributed by atoms with E-state index in [0.717, 1.165) is 25.6 Å². The molecule has 1 saturated heterocycles. The van der Waals surface area contributed by atoms with E-state index in [0.29, 0.717) is 0 Å². The largest absolute Gasteiger partial charge is 0.309 e. The third-order valence-corrected chi connectivity index (χ3v) is 3.45. The number of fused-ring (bicyclic) bond motifs is 1. The molecule has 1 aromatic rings. The zero-order valence-electron chi connectivity index (χ0n) is 9.29. The van der Waals surface area contributed by atoms with Gasteiger partial charge >= 0.3 is 0 Å². The number of likely N-dealkylation sites (tertiary alicyclic amines) is 1. The van der Waals surface area contributed by atoms with E-state index in [1.54, 1.807) is 0 Å². The summed E-state index contributed by atoms with van der Waals surface area (Å²) in [6.45, 7) is 8.11. The van der Waals surface area contributed by atoms with Gasteiger partial charge in [0.15, 0.2) is 0 Å². The van der Waals surface area contributed by atoms with Crippen molar-refractivity contribution in [2.45, 2.75) is 26.6 Å². The zero-order valence-corrected chi connectivity index (χ0v) is 9.29. The van der Waals surface area contributed by atoms with E-state index < -0.39 is 0 Å². The van der Waals surface area contributed by atoms with Crippen molar-refractivity contribution < 1.29 is 0 Å². The molecule has 0 amide bonds. The van der Waals surface area contributed by atoms with Crippen molar-refractivity contribution in [2.75, 3.05) is 13.1 Å². The molecular formula is C13H18N2. The van der Waals surface area contributed by atoms with Crippen LogP contribution >= 0.6 is 0 Å². The van der Waals surface area contributed by atoms with Gasteiger partial charge in [0.2, 0.25) is 0 Å². The minimum atomic E-state index is 0.904. The molecule has 0 radical (unpaired) electrons. The highest BCUT2D eigenvalue weighted by atomic mass is 15.2. The van der Waals surface area contributed by atoms with Crippen molar-refractivity contribution in [1.82, 2.24) is 10.2 Å². The maximum absolute atomic E-state index is 3.39. The standard InChI is InChI=1S/C13H18N2/c1-10-7-15(8-10)9-11-2-3-12-5-14-6-13(12)4-11/h2-4,10,14H,5-9H2,1H3. The Labute approximate surface area is 91.3 Å². The molecule has 0 unspecified atom stereocenters. The molecular weight excluding hydrogens is 184 g/mol. The van der Waals surface area contributed by atoms with E-state index in [-0.39, 0.29) is 0 Å². The summed E-state index contributed by atoms with van der Waals surface area (Å²) in [6, 6.07) is 6.95. The van der Waals surface area contributed by atoms with Gasteiger partial charge < -0.3 is 5.32 Å². The second-order valence-electron chi connectivity index (χ2n) is 5.01. The monoisotopic (exact) mass is 202 g/mol. The van der Waals surface area contributed by atoms with Gasteiger partial charge in [-0.3, -0.25) is 4.90 Å². The van der Waals surface area contributed by atoms with Crippen molar-refractivity contribution in [3.8, 4) is 0 Å². The van der Waals surface area contributed by atoms with Crippen LogP contribution in [0.25, 0.3) is 0 Å². The lowest BCUT2D eigenvalue weighted by Crippen LogP contribution is -2.44. The molecule has 15 heavy (non-hydrogen) atoms. The summed E-state index contributed by atoms with van der Waals surface area (Å²) in [4.78, 5) is 2.52. The Kier molecular flexibility index (Phi) is 2.26. The van der Waals surface area contributed by atoms with E-state index in [9.17, 15) is 0 Å². The molecule has 2 heteroatoms. The molecule has 0 bridgehead atoms. The predicted molar refractivity (Wildman–Crippen MR) is 61.4 cm³/mol. The van der Waals surface area contributed by atoms with E-state index in [2.05, 4.69) is 35.3 Å². The molecule has 0 saturated carbocycles. The molecule has 2 heterocycles. The summed E-state index contributed by atoms with van der Waals surface area (Å²) in [5.41, 5.74) is 4.46. The van der Waals surface area contributed by atoms with Crippen LogP contribution in [0.1, 0.15) is 23.6 Å². The molecule has 80 valence electrons. The van der Waals surface area contributed by atoms with Crippen molar-refractivity contribution in [2.24, 2.45) is 5.92 Å². The summed E-state index contributed by atoms with van der Waals surface area (Å²) in [6.07, 6.45) is 0. The van der Waals surface area contributed by atoms with Gasteiger partial charge in [0.25, 0.3) is 0 Å². The Morgan fingerprint density at radius 3 is 2.87 bits per heavy atom. The topological polar surface area (TPSA) is 15.3 Å². The average molecular weight is 202 g/mol. The van der Waals surface area contributed by atoms with Crippen LogP contribution < -0.4 is 5.32 Å². The van der Waals surface area contributed by atoms with Crippen LogP contribution in [0.15, 0.2) is 18.2 Å². The smallest absolute Gasteiger partial charge is 0.0234 e. The van der Waals surface area contributed by atoms with Crippen molar-refractivity contribution >= 4 is 0 Å². The fourth-order valence-electron chi connectivity index (χ4n) is 2.66. The third kappa shape index (κ3) is 1.80. The summed E-state index contributed by atoms with van der Waals surface area (Å²) in [7, 11) is 0. The van der Waals surface area contributed by atoms with Crippen molar-refractivity contribution in [3.05, 3.63) is 34.9 Å². The first-order valence-electron chi connectivity index (χ1n) is 5.85. The van der Waals surface area contributed by atoms with Crippen LogP contribution in [0.4, 0.5) is 0 Å². The van der Waals surface area contributed by atoms with Gasteiger partial charge in [-0.1, -0.05) is 25.1 Å². The van der Waals surface area contributed by atoms with Gasteiger partial charge in [-0.05, 0) is 22.6 Å². The Bertz CT molecular complexity index is 367. The zero-order chi connectivity index (χ0) is 10.3. The summed E-state index contributed by atoms with van der Waals surface area (Å²) >= 11 is 0. The molecule has 1 fully saturated rings. The quantitative estimate of drug-likeness (QED) is 0.786.